The van der Waals surface area contributed by atoms with Gasteiger partial charge in [0.15, 0.2) is 0 Å². The van der Waals surface area contributed by atoms with Gasteiger partial charge in [-0.3, -0.25) is 14.1 Å². The van der Waals surface area contributed by atoms with E-state index in [1.807, 2.05) is 40.6 Å². The number of anilines is 1. The smallest absolute Gasteiger partial charge is 0.225 e. The number of hydrogen-bond acceptors (Lipinski definition) is 2. The first-order chi connectivity index (χ1) is 9.68. The van der Waals surface area contributed by atoms with Crippen LogP contribution in [0.25, 0.3) is 5.65 Å². The molecule has 4 heteroatoms. The predicted molar refractivity (Wildman–Crippen MR) is 80.0 cm³/mol. The largest absolute Gasteiger partial charge is 0.294 e. The summed E-state index contributed by atoms with van der Waals surface area (Å²) in [5, 5.41) is 0. The molecule has 0 aromatic carbocycles. The number of carbonyl (C=O) groups is 1. The normalized spacial score (nSPS) is 16.5. The van der Waals surface area contributed by atoms with Crippen LogP contribution < -0.4 is 4.90 Å². The molecule has 2 aromatic heterocycles. The molecular weight excluding hydrogens is 250 g/mol. The van der Waals surface area contributed by atoms with Gasteiger partial charge in [0.2, 0.25) is 5.91 Å². The number of imidazole rings is 1. The standard InChI is InChI=1S/C16H21N3O/c1-12-16(18-11-7-6-10-15(18)17-12)19(13(2)20)14-8-4-3-5-9-14/h6-7,10-11,14H,3-5,8-9H2,1-2H3. The minimum Gasteiger partial charge on any atom is -0.294 e. The van der Waals surface area contributed by atoms with E-state index in [0.717, 1.165) is 30.0 Å². The van der Waals surface area contributed by atoms with E-state index in [2.05, 4.69) is 4.98 Å². The second-order valence-electron chi connectivity index (χ2n) is 5.63. The van der Waals surface area contributed by atoms with Gasteiger partial charge < -0.3 is 0 Å². The quantitative estimate of drug-likeness (QED) is 0.840. The summed E-state index contributed by atoms with van der Waals surface area (Å²) in [4.78, 5) is 18.8. The third-order valence-electron chi connectivity index (χ3n) is 4.18. The van der Waals surface area contributed by atoms with Gasteiger partial charge in [-0.05, 0) is 31.9 Å². The first kappa shape index (κ1) is 13.2. The lowest BCUT2D eigenvalue weighted by atomic mass is 9.94. The summed E-state index contributed by atoms with van der Waals surface area (Å²) in [6, 6.07) is 6.26. The van der Waals surface area contributed by atoms with Gasteiger partial charge in [-0.2, -0.15) is 0 Å². The van der Waals surface area contributed by atoms with Gasteiger partial charge in [0.1, 0.15) is 11.5 Å². The number of fused-ring (bicyclic) bond motifs is 1. The molecule has 20 heavy (non-hydrogen) atoms. The first-order valence-corrected chi connectivity index (χ1v) is 7.42. The zero-order valence-electron chi connectivity index (χ0n) is 12.2. The Morgan fingerprint density at radius 2 is 2.05 bits per heavy atom. The minimum absolute atomic E-state index is 0.116. The molecule has 0 spiro atoms. The van der Waals surface area contributed by atoms with Gasteiger partial charge in [0.05, 0.1) is 5.69 Å². The highest BCUT2D eigenvalue weighted by atomic mass is 16.2. The maximum absolute atomic E-state index is 12.2. The van der Waals surface area contributed by atoms with Crippen LogP contribution in [-0.2, 0) is 4.79 Å². The Hall–Kier alpha value is -1.84. The SMILES string of the molecule is CC(=O)N(c1c(C)nc2ccccn12)C1CCCCC1. The molecular formula is C16H21N3O. The van der Waals surface area contributed by atoms with Crippen molar-refractivity contribution < 1.29 is 4.79 Å². The predicted octanol–water partition coefficient (Wildman–Crippen LogP) is 3.33. The zero-order chi connectivity index (χ0) is 14.1. The Labute approximate surface area is 119 Å². The van der Waals surface area contributed by atoms with Crippen LogP contribution in [0.15, 0.2) is 24.4 Å². The third-order valence-corrected chi connectivity index (χ3v) is 4.18. The fourth-order valence-electron chi connectivity index (χ4n) is 3.31. The van der Waals surface area contributed by atoms with Crippen LogP contribution >= 0.6 is 0 Å². The lowest BCUT2D eigenvalue weighted by molar-refractivity contribution is -0.117. The summed E-state index contributed by atoms with van der Waals surface area (Å²) in [6.45, 7) is 3.65. The average molecular weight is 271 g/mol. The van der Waals surface area contributed by atoms with E-state index in [9.17, 15) is 4.79 Å². The van der Waals surface area contributed by atoms with Crippen LogP contribution in [0.4, 0.5) is 5.82 Å². The number of amides is 1. The molecule has 1 saturated carbocycles. The van der Waals surface area contributed by atoms with E-state index in [1.165, 1.54) is 19.3 Å². The number of aromatic nitrogens is 2. The number of rotatable bonds is 2. The van der Waals surface area contributed by atoms with Crippen LogP contribution in [0.3, 0.4) is 0 Å². The topological polar surface area (TPSA) is 37.6 Å². The molecule has 2 aromatic rings. The first-order valence-electron chi connectivity index (χ1n) is 7.42. The number of aryl methyl sites for hydroxylation is 1. The summed E-state index contributed by atoms with van der Waals surface area (Å²) in [5.41, 5.74) is 1.83. The van der Waals surface area contributed by atoms with Crippen molar-refractivity contribution in [3.63, 3.8) is 0 Å². The fourth-order valence-corrected chi connectivity index (χ4v) is 3.31. The van der Waals surface area contributed by atoms with Crippen molar-refractivity contribution in [2.24, 2.45) is 0 Å². The molecule has 0 atom stereocenters. The molecule has 3 rings (SSSR count). The van der Waals surface area contributed by atoms with Gasteiger partial charge in [-0.25, -0.2) is 4.98 Å². The minimum atomic E-state index is 0.116. The van der Waals surface area contributed by atoms with Crippen molar-refractivity contribution in [3.8, 4) is 0 Å². The third kappa shape index (κ3) is 2.19. The monoisotopic (exact) mass is 271 g/mol. The van der Waals surface area contributed by atoms with E-state index in [-0.39, 0.29) is 5.91 Å². The van der Waals surface area contributed by atoms with E-state index in [4.69, 9.17) is 0 Å². The Morgan fingerprint density at radius 1 is 1.30 bits per heavy atom. The zero-order valence-corrected chi connectivity index (χ0v) is 12.2. The summed E-state index contributed by atoms with van der Waals surface area (Å²) < 4.78 is 2.03. The van der Waals surface area contributed by atoms with Crippen molar-refractivity contribution in [1.82, 2.24) is 9.38 Å². The Balaban J connectivity index is 2.09. The van der Waals surface area contributed by atoms with Crippen molar-refractivity contribution in [1.29, 1.82) is 0 Å². The molecule has 0 bridgehead atoms. The van der Waals surface area contributed by atoms with Gasteiger partial charge in [0, 0.05) is 19.2 Å². The van der Waals surface area contributed by atoms with E-state index in [1.54, 1.807) is 6.92 Å². The van der Waals surface area contributed by atoms with Crippen LogP contribution in [0.1, 0.15) is 44.7 Å². The lowest BCUT2D eigenvalue weighted by Crippen LogP contribution is -2.41. The molecule has 0 unspecified atom stereocenters. The molecule has 0 N–H and O–H groups in total. The van der Waals surface area contributed by atoms with E-state index in [0.29, 0.717) is 6.04 Å². The van der Waals surface area contributed by atoms with Crippen LogP contribution in [-0.4, -0.2) is 21.3 Å². The van der Waals surface area contributed by atoms with Gasteiger partial charge in [-0.1, -0.05) is 25.3 Å². The number of pyridine rings is 1. The molecule has 106 valence electrons. The Kier molecular flexibility index (Phi) is 3.47. The summed E-state index contributed by atoms with van der Waals surface area (Å²) in [6.07, 6.45) is 7.89. The molecule has 4 nitrogen and oxygen atoms in total. The lowest BCUT2D eigenvalue weighted by Gasteiger charge is -2.33. The van der Waals surface area contributed by atoms with E-state index < -0.39 is 0 Å². The highest BCUT2D eigenvalue weighted by Crippen LogP contribution is 2.30. The second kappa shape index (κ2) is 5.27. The summed E-state index contributed by atoms with van der Waals surface area (Å²) >= 11 is 0. The van der Waals surface area contributed by atoms with Crippen LogP contribution in [0.5, 0.6) is 0 Å². The maximum atomic E-state index is 12.2. The highest BCUT2D eigenvalue weighted by Gasteiger charge is 2.28. The average Bonchev–Trinajstić information content (AvgIpc) is 2.77. The van der Waals surface area contributed by atoms with Crippen molar-refractivity contribution in [2.75, 3.05) is 4.90 Å². The molecule has 0 aliphatic heterocycles. The molecule has 2 heterocycles. The molecule has 0 saturated heterocycles. The second-order valence-corrected chi connectivity index (χ2v) is 5.63. The van der Waals surface area contributed by atoms with Gasteiger partial charge in [-0.15, -0.1) is 0 Å². The maximum Gasteiger partial charge on any atom is 0.225 e. The van der Waals surface area contributed by atoms with Crippen molar-refractivity contribution in [3.05, 3.63) is 30.1 Å². The Bertz CT molecular complexity index is 626. The van der Waals surface area contributed by atoms with Gasteiger partial charge >= 0.3 is 0 Å². The number of hydrogen-bond donors (Lipinski definition) is 0. The number of nitrogens with zero attached hydrogens (tertiary/aromatic N) is 3. The summed E-state index contributed by atoms with van der Waals surface area (Å²) in [7, 11) is 0. The van der Waals surface area contributed by atoms with E-state index >= 15 is 0 Å². The highest BCUT2D eigenvalue weighted by molar-refractivity contribution is 5.92. The van der Waals surface area contributed by atoms with Crippen LogP contribution in [0.2, 0.25) is 0 Å². The summed E-state index contributed by atoms with van der Waals surface area (Å²) in [5.74, 6) is 1.06. The Morgan fingerprint density at radius 3 is 2.75 bits per heavy atom. The molecule has 1 amide bonds. The van der Waals surface area contributed by atoms with Gasteiger partial charge in [0.25, 0.3) is 0 Å². The molecule has 0 radical (unpaired) electrons. The van der Waals surface area contributed by atoms with Crippen LogP contribution in [0, 0.1) is 6.92 Å². The fraction of sp³-hybridized carbons (Fsp3) is 0.500. The van der Waals surface area contributed by atoms with Crippen molar-refractivity contribution in [2.45, 2.75) is 52.0 Å². The molecule has 1 aliphatic rings. The van der Waals surface area contributed by atoms with Crippen molar-refractivity contribution >= 4 is 17.4 Å². The number of carbonyl (C=O) groups excluding carboxylic acids is 1. The molecule has 1 aliphatic carbocycles. The molecule has 1 fully saturated rings.